The Hall–Kier alpha value is -0.760. The van der Waals surface area contributed by atoms with Gasteiger partial charge in [0.15, 0.2) is 0 Å². The van der Waals surface area contributed by atoms with Crippen LogP contribution >= 0.6 is 23.3 Å². The number of aromatic nitrogens is 2. The predicted molar refractivity (Wildman–Crippen MR) is 72.5 cm³/mol. The van der Waals surface area contributed by atoms with E-state index < -0.39 is 10.0 Å². The summed E-state index contributed by atoms with van der Waals surface area (Å²) in [4.78, 5) is 0.150. The van der Waals surface area contributed by atoms with Gasteiger partial charge >= 0.3 is 0 Å². The highest BCUT2D eigenvalue weighted by atomic mass is 35.5. The summed E-state index contributed by atoms with van der Waals surface area (Å²) in [6.45, 7) is 1.88. The fourth-order valence-corrected chi connectivity index (χ4v) is 3.98. The van der Waals surface area contributed by atoms with Crippen LogP contribution in [0, 0.1) is 0 Å². The van der Waals surface area contributed by atoms with Crippen LogP contribution in [0.1, 0.15) is 13.3 Å². The first-order chi connectivity index (χ1) is 8.58. The van der Waals surface area contributed by atoms with Gasteiger partial charge in [-0.3, -0.25) is 0 Å². The summed E-state index contributed by atoms with van der Waals surface area (Å²) in [6, 6.07) is 4.63. The van der Waals surface area contributed by atoms with Crippen LogP contribution in [0.5, 0.6) is 0 Å². The van der Waals surface area contributed by atoms with Crippen LogP contribution in [0.4, 0.5) is 0 Å². The SMILES string of the molecule is CCC(CCl)NS(=O)(=O)c1cccc2nsnc12. The molecule has 0 fully saturated rings. The van der Waals surface area contributed by atoms with Gasteiger partial charge in [0.2, 0.25) is 10.0 Å². The van der Waals surface area contributed by atoms with Gasteiger partial charge in [-0.25, -0.2) is 13.1 Å². The lowest BCUT2D eigenvalue weighted by Gasteiger charge is -2.14. The van der Waals surface area contributed by atoms with Crippen molar-refractivity contribution in [1.82, 2.24) is 13.5 Å². The molecule has 0 aliphatic heterocycles. The van der Waals surface area contributed by atoms with Crippen molar-refractivity contribution in [2.75, 3.05) is 5.88 Å². The summed E-state index contributed by atoms with van der Waals surface area (Å²) in [6.07, 6.45) is 0.633. The molecule has 2 rings (SSSR count). The Labute approximate surface area is 115 Å². The fourth-order valence-electron chi connectivity index (χ4n) is 1.51. The third-order valence-electron chi connectivity index (χ3n) is 2.54. The molecule has 1 N–H and O–H groups in total. The Morgan fingerprint density at radius 2 is 2.22 bits per heavy atom. The van der Waals surface area contributed by atoms with Crippen LogP contribution in [0.2, 0.25) is 0 Å². The van der Waals surface area contributed by atoms with E-state index in [0.717, 1.165) is 11.7 Å². The lowest BCUT2D eigenvalue weighted by molar-refractivity contribution is 0.558. The van der Waals surface area contributed by atoms with E-state index in [1.54, 1.807) is 12.1 Å². The number of halogens is 1. The summed E-state index contributed by atoms with van der Waals surface area (Å²) < 4.78 is 35.1. The van der Waals surface area contributed by atoms with Crippen LogP contribution in [-0.2, 0) is 10.0 Å². The minimum absolute atomic E-state index is 0.150. The number of hydrogen-bond acceptors (Lipinski definition) is 5. The second-order valence-electron chi connectivity index (χ2n) is 3.77. The smallest absolute Gasteiger partial charge is 0.207 e. The maximum atomic E-state index is 12.2. The zero-order chi connectivity index (χ0) is 13.2. The zero-order valence-corrected chi connectivity index (χ0v) is 12.0. The maximum Gasteiger partial charge on any atom is 0.243 e. The van der Waals surface area contributed by atoms with E-state index in [1.165, 1.54) is 6.07 Å². The Morgan fingerprint density at radius 1 is 1.44 bits per heavy atom. The molecule has 1 heterocycles. The Kier molecular flexibility index (Phi) is 4.16. The normalized spacial score (nSPS) is 13.9. The molecule has 98 valence electrons. The molecule has 8 heteroatoms. The molecule has 18 heavy (non-hydrogen) atoms. The quantitative estimate of drug-likeness (QED) is 0.858. The number of hydrogen-bond donors (Lipinski definition) is 1. The number of fused-ring (bicyclic) bond motifs is 1. The van der Waals surface area contributed by atoms with Gasteiger partial charge in [-0.15, -0.1) is 11.6 Å². The highest BCUT2D eigenvalue weighted by Gasteiger charge is 2.22. The summed E-state index contributed by atoms with van der Waals surface area (Å²) in [5.41, 5.74) is 0.987. The molecule has 0 aliphatic rings. The van der Waals surface area contributed by atoms with Crippen molar-refractivity contribution >= 4 is 44.4 Å². The molecule has 0 aliphatic carbocycles. The molecular formula is C10H12ClN3O2S2. The molecule has 1 aromatic heterocycles. The third kappa shape index (κ3) is 2.64. The standard InChI is InChI=1S/C10H12ClN3O2S2/c1-2-7(6-11)14-18(15,16)9-5-3-4-8-10(9)13-17-12-8/h3-5,7,14H,2,6H2,1H3. The zero-order valence-electron chi connectivity index (χ0n) is 9.63. The molecule has 0 saturated carbocycles. The van der Waals surface area contributed by atoms with Gasteiger partial charge in [0.1, 0.15) is 15.9 Å². The summed E-state index contributed by atoms with van der Waals surface area (Å²) in [7, 11) is -3.61. The largest absolute Gasteiger partial charge is 0.243 e. The van der Waals surface area contributed by atoms with E-state index >= 15 is 0 Å². The number of rotatable bonds is 5. The van der Waals surface area contributed by atoms with Crippen molar-refractivity contribution in [3.05, 3.63) is 18.2 Å². The van der Waals surface area contributed by atoms with Crippen LogP contribution in [0.15, 0.2) is 23.1 Å². The molecule has 1 atom stereocenters. The maximum absolute atomic E-state index is 12.2. The molecular weight excluding hydrogens is 294 g/mol. The van der Waals surface area contributed by atoms with Crippen LogP contribution in [-0.4, -0.2) is 29.1 Å². The van der Waals surface area contributed by atoms with E-state index in [0.29, 0.717) is 17.5 Å². The molecule has 1 aromatic carbocycles. The third-order valence-corrected chi connectivity index (χ3v) is 5.01. The molecule has 1 unspecified atom stereocenters. The Morgan fingerprint density at radius 3 is 2.89 bits per heavy atom. The first-order valence-electron chi connectivity index (χ1n) is 5.38. The van der Waals surface area contributed by atoms with E-state index in [9.17, 15) is 8.42 Å². The molecule has 0 spiro atoms. The number of alkyl halides is 1. The molecule has 0 bridgehead atoms. The lowest BCUT2D eigenvalue weighted by Crippen LogP contribution is -2.35. The van der Waals surface area contributed by atoms with Crippen molar-refractivity contribution in [2.45, 2.75) is 24.3 Å². The number of sulfonamides is 1. The van der Waals surface area contributed by atoms with Crippen LogP contribution < -0.4 is 4.72 Å². The average molecular weight is 306 g/mol. The van der Waals surface area contributed by atoms with E-state index in [1.807, 2.05) is 6.92 Å². The number of benzene rings is 1. The Balaban J connectivity index is 2.43. The van der Waals surface area contributed by atoms with Crippen molar-refractivity contribution < 1.29 is 8.42 Å². The van der Waals surface area contributed by atoms with Crippen molar-refractivity contribution in [3.8, 4) is 0 Å². The molecule has 0 amide bonds. The average Bonchev–Trinajstić information content (AvgIpc) is 2.83. The second kappa shape index (κ2) is 5.48. The van der Waals surface area contributed by atoms with Gasteiger partial charge in [-0.1, -0.05) is 13.0 Å². The lowest BCUT2D eigenvalue weighted by atomic mass is 10.3. The van der Waals surface area contributed by atoms with Gasteiger partial charge < -0.3 is 0 Å². The van der Waals surface area contributed by atoms with Gasteiger partial charge in [-0.2, -0.15) is 8.75 Å². The molecule has 2 aromatic rings. The van der Waals surface area contributed by atoms with E-state index in [-0.39, 0.29) is 16.8 Å². The molecule has 0 saturated heterocycles. The van der Waals surface area contributed by atoms with Gasteiger partial charge in [-0.05, 0) is 18.6 Å². The van der Waals surface area contributed by atoms with Crippen LogP contribution in [0.3, 0.4) is 0 Å². The number of nitrogens with one attached hydrogen (secondary N) is 1. The van der Waals surface area contributed by atoms with Crippen molar-refractivity contribution in [1.29, 1.82) is 0 Å². The predicted octanol–water partition coefficient (Wildman–Crippen LogP) is 1.99. The van der Waals surface area contributed by atoms with Crippen molar-refractivity contribution in [2.24, 2.45) is 0 Å². The first-order valence-corrected chi connectivity index (χ1v) is 8.13. The Bertz CT molecular complexity index is 637. The summed E-state index contributed by atoms with van der Waals surface area (Å²) in [5.74, 6) is 0.237. The highest BCUT2D eigenvalue weighted by Crippen LogP contribution is 2.21. The van der Waals surface area contributed by atoms with E-state index in [4.69, 9.17) is 11.6 Å². The summed E-state index contributed by atoms with van der Waals surface area (Å²) in [5, 5.41) is 0. The summed E-state index contributed by atoms with van der Waals surface area (Å²) >= 11 is 6.70. The van der Waals surface area contributed by atoms with Crippen molar-refractivity contribution in [3.63, 3.8) is 0 Å². The fraction of sp³-hybridized carbons (Fsp3) is 0.400. The van der Waals surface area contributed by atoms with Gasteiger partial charge in [0.25, 0.3) is 0 Å². The second-order valence-corrected chi connectivity index (χ2v) is 6.29. The minimum Gasteiger partial charge on any atom is -0.207 e. The van der Waals surface area contributed by atoms with E-state index in [2.05, 4.69) is 13.5 Å². The topological polar surface area (TPSA) is 72.0 Å². The van der Waals surface area contributed by atoms with Crippen LogP contribution in [0.25, 0.3) is 11.0 Å². The monoisotopic (exact) mass is 305 g/mol. The first kappa shape index (κ1) is 13.7. The molecule has 0 radical (unpaired) electrons. The highest BCUT2D eigenvalue weighted by molar-refractivity contribution is 7.89. The molecule has 5 nitrogen and oxygen atoms in total. The van der Waals surface area contributed by atoms with Gasteiger partial charge in [0.05, 0.1) is 11.7 Å². The minimum atomic E-state index is -3.61. The number of nitrogens with zero attached hydrogens (tertiary/aromatic N) is 2. The van der Waals surface area contributed by atoms with Gasteiger partial charge in [0, 0.05) is 11.9 Å².